The minimum atomic E-state index is 1.06. The second-order valence-corrected chi connectivity index (χ2v) is 4.36. The number of hydrogen-bond donors (Lipinski definition) is 1. The Bertz CT molecular complexity index is 279. The first-order chi connectivity index (χ1) is 7.74. The smallest absolute Gasteiger partial charge is 0.0364 e. The van der Waals surface area contributed by atoms with Gasteiger partial charge in [0.05, 0.1) is 0 Å². The van der Waals surface area contributed by atoms with Crippen molar-refractivity contribution in [1.82, 2.24) is 5.32 Å². The Morgan fingerprint density at radius 1 is 1.12 bits per heavy atom. The van der Waals surface area contributed by atoms with Crippen molar-refractivity contribution in [3.8, 4) is 0 Å². The van der Waals surface area contributed by atoms with Gasteiger partial charge >= 0.3 is 0 Å². The Labute approximate surface area is 99.7 Å². The Hall–Kier alpha value is -1.02. The molecule has 0 bridgehead atoms. The summed E-state index contributed by atoms with van der Waals surface area (Å²) in [5, 5.41) is 3.46. The third-order valence-electron chi connectivity index (χ3n) is 2.81. The van der Waals surface area contributed by atoms with Crippen LogP contribution in [-0.4, -0.2) is 26.7 Å². The summed E-state index contributed by atoms with van der Waals surface area (Å²) in [5.74, 6) is 0. The maximum absolute atomic E-state index is 3.46. The molecule has 1 rings (SSSR count). The first-order valence-electron chi connectivity index (χ1n) is 6.22. The number of anilines is 1. The van der Waals surface area contributed by atoms with Gasteiger partial charge in [0.2, 0.25) is 0 Å². The van der Waals surface area contributed by atoms with Crippen molar-refractivity contribution < 1.29 is 0 Å². The SMILES string of the molecule is CCCCNCCN(C)c1ccc(C)cc1. The van der Waals surface area contributed by atoms with Crippen molar-refractivity contribution in [1.29, 1.82) is 0 Å². The van der Waals surface area contributed by atoms with Crippen LogP contribution in [0.4, 0.5) is 5.69 Å². The van der Waals surface area contributed by atoms with E-state index in [2.05, 4.69) is 55.4 Å². The monoisotopic (exact) mass is 220 g/mol. The highest BCUT2D eigenvalue weighted by atomic mass is 15.1. The second-order valence-electron chi connectivity index (χ2n) is 4.36. The van der Waals surface area contributed by atoms with Gasteiger partial charge < -0.3 is 10.2 Å². The van der Waals surface area contributed by atoms with Gasteiger partial charge in [-0.2, -0.15) is 0 Å². The average Bonchev–Trinajstić information content (AvgIpc) is 2.29. The van der Waals surface area contributed by atoms with E-state index in [0.717, 1.165) is 19.6 Å². The summed E-state index contributed by atoms with van der Waals surface area (Å²) in [7, 11) is 2.15. The van der Waals surface area contributed by atoms with Crippen LogP contribution in [0.25, 0.3) is 0 Å². The molecular formula is C14H24N2. The molecule has 1 aromatic carbocycles. The zero-order valence-electron chi connectivity index (χ0n) is 10.8. The molecule has 0 heterocycles. The molecule has 0 aliphatic heterocycles. The quantitative estimate of drug-likeness (QED) is 0.711. The molecule has 0 radical (unpaired) electrons. The molecule has 0 unspecified atom stereocenters. The van der Waals surface area contributed by atoms with Crippen LogP contribution in [0.2, 0.25) is 0 Å². The van der Waals surface area contributed by atoms with Crippen LogP contribution in [0.5, 0.6) is 0 Å². The summed E-state index contributed by atoms with van der Waals surface area (Å²) >= 11 is 0. The highest BCUT2D eigenvalue weighted by molar-refractivity contribution is 5.46. The summed E-state index contributed by atoms with van der Waals surface area (Å²) < 4.78 is 0. The molecule has 0 saturated heterocycles. The standard InChI is InChI=1S/C14H24N2/c1-4-5-10-15-11-12-16(3)14-8-6-13(2)7-9-14/h6-9,15H,4-5,10-12H2,1-3H3. The average molecular weight is 220 g/mol. The lowest BCUT2D eigenvalue weighted by atomic mass is 10.2. The van der Waals surface area contributed by atoms with Gasteiger partial charge in [0.15, 0.2) is 0 Å². The maximum Gasteiger partial charge on any atom is 0.0364 e. The van der Waals surface area contributed by atoms with Crippen LogP contribution in [0, 0.1) is 6.92 Å². The van der Waals surface area contributed by atoms with Gasteiger partial charge in [-0.15, -0.1) is 0 Å². The minimum Gasteiger partial charge on any atom is -0.373 e. The van der Waals surface area contributed by atoms with Crippen LogP contribution in [0.15, 0.2) is 24.3 Å². The lowest BCUT2D eigenvalue weighted by Gasteiger charge is -2.19. The molecule has 1 N–H and O–H groups in total. The molecule has 0 amide bonds. The van der Waals surface area contributed by atoms with E-state index < -0.39 is 0 Å². The van der Waals surface area contributed by atoms with Gasteiger partial charge in [0.25, 0.3) is 0 Å². The topological polar surface area (TPSA) is 15.3 Å². The molecule has 0 fully saturated rings. The van der Waals surface area contributed by atoms with Gasteiger partial charge in [-0.1, -0.05) is 31.0 Å². The van der Waals surface area contributed by atoms with E-state index in [-0.39, 0.29) is 0 Å². The number of rotatable bonds is 7. The fourth-order valence-electron chi connectivity index (χ4n) is 1.60. The molecule has 1 aromatic rings. The minimum absolute atomic E-state index is 1.06. The summed E-state index contributed by atoms with van der Waals surface area (Å²) in [6, 6.07) is 8.69. The predicted molar refractivity (Wildman–Crippen MR) is 72.2 cm³/mol. The van der Waals surface area contributed by atoms with E-state index in [4.69, 9.17) is 0 Å². The Morgan fingerprint density at radius 3 is 2.44 bits per heavy atom. The van der Waals surface area contributed by atoms with E-state index in [0.29, 0.717) is 0 Å². The predicted octanol–water partition coefficient (Wildman–Crippen LogP) is 2.82. The zero-order valence-corrected chi connectivity index (χ0v) is 10.8. The third kappa shape index (κ3) is 4.67. The van der Waals surface area contributed by atoms with Crippen LogP contribution >= 0.6 is 0 Å². The highest BCUT2D eigenvalue weighted by Crippen LogP contribution is 2.12. The second kappa shape index (κ2) is 7.29. The summed E-state index contributed by atoms with van der Waals surface area (Å²) in [4.78, 5) is 2.29. The number of nitrogens with one attached hydrogen (secondary N) is 1. The van der Waals surface area contributed by atoms with Crippen LogP contribution in [-0.2, 0) is 0 Å². The molecule has 0 aromatic heterocycles. The fourth-order valence-corrected chi connectivity index (χ4v) is 1.60. The summed E-state index contributed by atoms with van der Waals surface area (Å²) in [5.41, 5.74) is 2.61. The van der Waals surface area contributed by atoms with Gasteiger partial charge in [-0.3, -0.25) is 0 Å². The largest absolute Gasteiger partial charge is 0.373 e. The molecule has 0 atom stereocenters. The summed E-state index contributed by atoms with van der Waals surface area (Å²) in [6.45, 7) is 7.60. The molecule has 16 heavy (non-hydrogen) atoms. The number of aryl methyl sites for hydroxylation is 1. The zero-order chi connectivity index (χ0) is 11.8. The molecule has 0 spiro atoms. The fraction of sp³-hybridized carbons (Fsp3) is 0.571. The first kappa shape index (κ1) is 13.0. The number of benzene rings is 1. The molecule has 0 aliphatic carbocycles. The van der Waals surface area contributed by atoms with E-state index in [1.54, 1.807) is 0 Å². The molecule has 2 nitrogen and oxygen atoms in total. The van der Waals surface area contributed by atoms with Gasteiger partial charge in [-0.25, -0.2) is 0 Å². The van der Waals surface area contributed by atoms with Gasteiger partial charge in [-0.05, 0) is 32.0 Å². The van der Waals surface area contributed by atoms with Gasteiger partial charge in [0, 0.05) is 25.8 Å². The van der Waals surface area contributed by atoms with E-state index in [1.807, 2.05) is 0 Å². The van der Waals surface area contributed by atoms with Crippen molar-refractivity contribution in [3.05, 3.63) is 29.8 Å². The molecule has 0 saturated carbocycles. The lowest BCUT2D eigenvalue weighted by Crippen LogP contribution is -2.29. The normalized spacial score (nSPS) is 10.4. The Balaban J connectivity index is 2.24. The van der Waals surface area contributed by atoms with Crippen molar-refractivity contribution in [2.45, 2.75) is 26.7 Å². The van der Waals surface area contributed by atoms with Crippen LogP contribution in [0.1, 0.15) is 25.3 Å². The number of likely N-dealkylation sites (N-methyl/N-ethyl adjacent to an activating group) is 1. The van der Waals surface area contributed by atoms with E-state index in [1.165, 1.54) is 24.1 Å². The van der Waals surface area contributed by atoms with Crippen molar-refractivity contribution in [2.75, 3.05) is 31.6 Å². The highest BCUT2D eigenvalue weighted by Gasteiger charge is 1.98. The molecule has 90 valence electrons. The van der Waals surface area contributed by atoms with Crippen LogP contribution < -0.4 is 10.2 Å². The van der Waals surface area contributed by atoms with Crippen molar-refractivity contribution in [2.24, 2.45) is 0 Å². The Kier molecular flexibility index (Phi) is 5.94. The molecular weight excluding hydrogens is 196 g/mol. The number of hydrogen-bond acceptors (Lipinski definition) is 2. The van der Waals surface area contributed by atoms with Gasteiger partial charge in [0.1, 0.15) is 0 Å². The lowest BCUT2D eigenvalue weighted by molar-refractivity contribution is 0.637. The molecule has 0 aliphatic rings. The maximum atomic E-state index is 3.46. The molecule has 2 heteroatoms. The van der Waals surface area contributed by atoms with E-state index >= 15 is 0 Å². The Morgan fingerprint density at radius 2 is 1.81 bits per heavy atom. The number of nitrogens with zero attached hydrogens (tertiary/aromatic N) is 1. The number of unbranched alkanes of at least 4 members (excludes halogenated alkanes) is 1. The van der Waals surface area contributed by atoms with E-state index in [9.17, 15) is 0 Å². The first-order valence-corrected chi connectivity index (χ1v) is 6.22. The van der Waals surface area contributed by atoms with Crippen molar-refractivity contribution >= 4 is 5.69 Å². The van der Waals surface area contributed by atoms with Crippen LogP contribution in [0.3, 0.4) is 0 Å². The van der Waals surface area contributed by atoms with Crippen molar-refractivity contribution in [3.63, 3.8) is 0 Å². The third-order valence-corrected chi connectivity index (χ3v) is 2.81. The summed E-state index contributed by atoms with van der Waals surface area (Å²) in [6.07, 6.45) is 2.54.